The summed E-state index contributed by atoms with van der Waals surface area (Å²) < 4.78 is 0. The molecule has 2 aliphatic rings. The molecule has 5 nitrogen and oxygen atoms in total. The van der Waals surface area contributed by atoms with Crippen molar-refractivity contribution < 1.29 is 4.79 Å². The zero-order chi connectivity index (χ0) is 11.8. The van der Waals surface area contributed by atoms with Crippen LogP contribution < -0.4 is 10.2 Å². The third-order valence-corrected chi connectivity index (χ3v) is 3.96. The maximum Gasteiger partial charge on any atom is 0.304 e. The fourth-order valence-corrected chi connectivity index (χ4v) is 2.75. The van der Waals surface area contributed by atoms with Gasteiger partial charge in [-0.25, -0.2) is 0 Å². The maximum atomic E-state index is 12.1. The summed E-state index contributed by atoms with van der Waals surface area (Å²) in [6.07, 6.45) is 3.27. The summed E-state index contributed by atoms with van der Waals surface area (Å²) in [6.45, 7) is 1.31. The zero-order valence-electron chi connectivity index (χ0n) is 9.44. The van der Waals surface area contributed by atoms with Gasteiger partial charge in [-0.2, -0.15) is 0 Å². The molecule has 3 rings (SSSR count). The Hall–Kier alpha value is -1.14. The molecule has 1 aromatic rings. The van der Waals surface area contributed by atoms with Crippen molar-refractivity contribution in [1.82, 2.24) is 15.2 Å². The van der Waals surface area contributed by atoms with Crippen LogP contribution in [0.2, 0.25) is 0 Å². The number of H-pyrrole nitrogens is 1. The number of nitrogens with one attached hydrogen (secondary N) is 2. The number of amides is 1. The normalized spacial score (nSPS) is 24.6. The lowest BCUT2D eigenvalue weighted by Gasteiger charge is -2.15. The standard InChI is InChI=1S/C11H15N3O2S/c15-10-9(12-7-1-2-7)3-4-14(10)5-8-6-17-11(16)13-8/h6-7,9,12H,1-5H2,(H,13,16). The minimum atomic E-state index is -0.0562. The smallest absolute Gasteiger partial charge is 0.304 e. The molecule has 1 aliphatic heterocycles. The number of thiazole rings is 1. The lowest BCUT2D eigenvalue weighted by Crippen LogP contribution is -2.39. The van der Waals surface area contributed by atoms with Crippen molar-refractivity contribution in [2.75, 3.05) is 6.54 Å². The monoisotopic (exact) mass is 253 g/mol. The van der Waals surface area contributed by atoms with Gasteiger partial charge in [0.15, 0.2) is 0 Å². The highest BCUT2D eigenvalue weighted by molar-refractivity contribution is 7.07. The Morgan fingerprint density at radius 3 is 2.88 bits per heavy atom. The Balaban J connectivity index is 1.61. The van der Waals surface area contributed by atoms with Gasteiger partial charge < -0.3 is 15.2 Å². The lowest BCUT2D eigenvalue weighted by molar-refractivity contribution is -0.130. The van der Waals surface area contributed by atoms with E-state index in [2.05, 4.69) is 10.3 Å². The highest BCUT2D eigenvalue weighted by Crippen LogP contribution is 2.23. The van der Waals surface area contributed by atoms with E-state index in [1.807, 2.05) is 4.90 Å². The highest BCUT2D eigenvalue weighted by atomic mass is 32.1. The Morgan fingerprint density at radius 1 is 1.41 bits per heavy atom. The van der Waals surface area contributed by atoms with Crippen LogP contribution in [0, 0.1) is 0 Å². The molecule has 1 aliphatic carbocycles. The molecule has 2 fully saturated rings. The Morgan fingerprint density at radius 2 is 2.24 bits per heavy atom. The molecule has 1 aromatic heterocycles. The average molecular weight is 253 g/mol. The molecule has 17 heavy (non-hydrogen) atoms. The van der Waals surface area contributed by atoms with E-state index in [0.717, 1.165) is 30.0 Å². The molecule has 2 heterocycles. The molecule has 0 radical (unpaired) electrons. The molecule has 1 saturated carbocycles. The predicted octanol–water partition coefficient (Wildman–Crippen LogP) is 0.289. The lowest BCUT2D eigenvalue weighted by atomic mass is 10.2. The number of aromatic nitrogens is 1. The second-order valence-corrected chi connectivity index (χ2v) is 5.56. The molecule has 1 amide bonds. The summed E-state index contributed by atoms with van der Waals surface area (Å²) in [7, 11) is 0. The quantitative estimate of drug-likeness (QED) is 0.810. The van der Waals surface area contributed by atoms with E-state index in [0.29, 0.717) is 12.6 Å². The highest BCUT2D eigenvalue weighted by Gasteiger charge is 2.35. The first-order chi connectivity index (χ1) is 8.22. The summed E-state index contributed by atoms with van der Waals surface area (Å²) in [5.41, 5.74) is 0.834. The minimum absolute atomic E-state index is 0.00661. The van der Waals surface area contributed by atoms with Crippen LogP contribution in [0.25, 0.3) is 0 Å². The van der Waals surface area contributed by atoms with Crippen LogP contribution >= 0.6 is 11.3 Å². The van der Waals surface area contributed by atoms with Crippen molar-refractivity contribution in [2.24, 2.45) is 0 Å². The first-order valence-electron chi connectivity index (χ1n) is 5.94. The number of likely N-dealkylation sites (tertiary alicyclic amines) is 1. The number of aromatic amines is 1. The van der Waals surface area contributed by atoms with Gasteiger partial charge in [0.05, 0.1) is 12.6 Å². The number of carbonyl (C=O) groups is 1. The molecule has 92 valence electrons. The van der Waals surface area contributed by atoms with Gasteiger partial charge >= 0.3 is 4.87 Å². The van der Waals surface area contributed by atoms with Gasteiger partial charge in [-0.15, -0.1) is 0 Å². The van der Waals surface area contributed by atoms with Crippen molar-refractivity contribution in [3.63, 3.8) is 0 Å². The molecular weight excluding hydrogens is 238 g/mol. The topological polar surface area (TPSA) is 65.2 Å². The minimum Gasteiger partial charge on any atom is -0.335 e. The maximum absolute atomic E-state index is 12.1. The van der Waals surface area contributed by atoms with E-state index < -0.39 is 0 Å². The van der Waals surface area contributed by atoms with E-state index in [9.17, 15) is 9.59 Å². The van der Waals surface area contributed by atoms with Crippen LogP contribution in [0.15, 0.2) is 10.2 Å². The number of rotatable bonds is 4. The SMILES string of the molecule is O=C1C(NC2CC2)CCN1Cc1csc(=O)[nH]1. The summed E-state index contributed by atoms with van der Waals surface area (Å²) >= 11 is 1.15. The van der Waals surface area contributed by atoms with Gasteiger partial charge in [0.25, 0.3) is 0 Å². The van der Waals surface area contributed by atoms with Crippen LogP contribution in [-0.2, 0) is 11.3 Å². The van der Waals surface area contributed by atoms with Crippen molar-refractivity contribution in [3.05, 3.63) is 20.7 Å². The Kier molecular flexibility index (Phi) is 2.76. The fourth-order valence-electron chi connectivity index (χ4n) is 2.18. The number of hydrogen-bond donors (Lipinski definition) is 2. The van der Waals surface area contributed by atoms with E-state index in [1.54, 1.807) is 5.38 Å². The molecule has 6 heteroatoms. The average Bonchev–Trinajstić information content (AvgIpc) is 2.94. The summed E-state index contributed by atoms with van der Waals surface area (Å²) in [5, 5.41) is 5.15. The predicted molar refractivity (Wildman–Crippen MR) is 64.9 cm³/mol. The number of nitrogens with zero attached hydrogens (tertiary/aromatic N) is 1. The second kappa shape index (κ2) is 4.27. The van der Waals surface area contributed by atoms with Crippen LogP contribution in [0.3, 0.4) is 0 Å². The largest absolute Gasteiger partial charge is 0.335 e. The van der Waals surface area contributed by atoms with Crippen molar-refractivity contribution in [1.29, 1.82) is 0 Å². The third kappa shape index (κ3) is 2.42. The van der Waals surface area contributed by atoms with E-state index >= 15 is 0 Å². The number of hydrogen-bond acceptors (Lipinski definition) is 4. The van der Waals surface area contributed by atoms with E-state index in [-0.39, 0.29) is 16.8 Å². The molecular formula is C11H15N3O2S. The Bertz CT molecular complexity index is 477. The molecule has 2 N–H and O–H groups in total. The van der Waals surface area contributed by atoms with Gasteiger partial charge in [-0.3, -0.25) is 9.59 Å². The second-order valence-electron chi connectivity index (χ2n) is 4.72. The van der Waals surface area contributed by atoms with Crippen molar-refractivity contribution in [2.45, 2.75) is 37.9 Å². The summed E-state index contributed by atoms with van der Waals surface area (Å²) in [6, 6.07) is 0.553. The third-order valence-electron chi connectivity index (χ3n) is 3.24. The van der Waals surface area contributed by atoms with Crippen molar-refractivity contribution in [3.8, 4) is 0 Å². The van der Waals surface area contributed by atoms with Crippen LogP contribution in [0.4, 0.5) is 0 Å². The van der Waals surface area contributed by atoms with Gasteiger partial charge in [0.1, 0.15) is 0 Å². The molecule has 0 bridgehead atoms. The van der Waals surface area contributed by atoms with Gasteiger partial charge in [-0.1, -0.05) is 11.3 Å². The van der Waals surface area contributed by atoms with E-state index in [1.165, 1.54) is 12.8 Å². The van der Waals surface area contributed by atoms with Crippen molar-refractivity contribution >= 4 is 17.2 Å². The fraction of sp³-hybridized carbons (Fsp3) is 0.636. The molecule has 1 atom stereocenters. The summed E-state index contributed by atoms with van der Waals surface area (Å²) in [5.74, 6) is 0.170. The van der Waals surface area contributed by atoms with Crippen LogP contribution in [0.5, 0.6) is 0 Å². The van der Waals surface area contributed by atoms with Gasteiger partial charge in [0, 0.05) is 23.7 Å². The molecule has 0 aromatic carbocycles. The Labute approximate surface area is 103 Å². The number of carbonyl (C=O) groups excluding carboxylic acids is 1. The van der Waals surface area contributed by atoms with Gasteiger partial charge in [0.2, 0.25) is 5.91 Å². The zero-order valence-corrected chi connectivity index (χ0v) is 10.3. The molecule has 1 saturated heterocycles. The summed E-state index contributed by atoms with van der Waals surface area (Å²) in [4.78, 5) is 27.6. The van der Waals surface area contributed by atoms with Gasteiger partial charge in [-0.05, 0) is 19.3 Å². The molecule has 1 unspecified atom stereocenters. The van der Waals surface area contributed by atoms with Crippen LogP contribution in [0.1, 0.15) is 25.0 Å². The first-order valence-corrected chi connectivity index (χ1v) is 6.82. The molecule has 0 spiro atoms. The van der Waals surface area contributed by atoms with E-state index in [4.69, 9.17) is 0 Å². The first kappa shape index (κ1) is 11.0. The van der Waals surface area contributed by atoms with Crippen LogP contribution in [-0.4, -0.2) is 34.4 Å².